The van der Waals surface area contributed by atoms with Crippen LogP contribution in [-0.2, 0) is 45.4 Å². The van der Waals surface area contributed by atoms with E-state index in [0.717, 1.165) is 18.4 Å². The maximum absolute atomic E-state index is 13.4. The van der Waals surface area contributed by atoms with Crippen molar-refractivity contribution >= 4 is 44.8 Å². The van der Waals surface area contributed by atoms with E-state index in [4.69, 9.17) is 9.47 Å². The summed E-state index contributed by atoms with van der Waals surface area (Å²) in [6.07, 6.45) is 11.0. The van der Waals surface area contributed by atoms with Gasteiger partial charge in [-0.05, 0) is 106 Å². The smallest absolute Gasteiger partial charge is 0.230 e. The molecule has 4 aromatic rings. The zero-order chi connectivity index (χ0) is 43.2. The normalized spacial score (nSPS) is 20.7. The third kappa shape index (κ3) is 8.83. The van der Waals surface area contributed by atoms with Crippen molar-refractivity contribution in [3.8, 4) is 0 Å². The molecule has 2 aliphatic heterocycles. The summed E-state index contributed by atoms with van der Waals surface area (Å²) >= 11 is 0. The molecule has 12 heteroatoms. The predicted molar refractivity (Wildman–Crippen MR) is 241 cm³/mol. The Morgan fingerprint density at radius 2 is 1.08 bits per heavy atom. The van der Waals surface area contributed by atoms with Crippen LogP contribution in [0.15, 0.2) is 60.9 Å². The van der Waals surface area contributed by atoms with Crippen molar-refractivity contribution in [1.29, 1.82) is 0 Å². The number of aromatic nitrogens is 2. The van der Waals surface area contributed by atoms with E-state index in [2.05, 4.69) is 79.9 Å². The Morgan fingerprint density at radius 3 is 1.48 bits per heavy atom. The van der Waals surface area contributed by atoms with E-state index in [1.54, 1.807) is 0 Å². The quantitative estimate of drug-likeness (QED) is 0.108. The molecule has 4 atom stereocenters. The lowest BCUT2D eigenvalue weighted by Gasteiger charge is -2.42. The van der Waals surface area contributed by atoms with Crippen molar-refractivity contribution in [3.05, 3.63) is 83.2 Å². The highest BCUT2D eigenvalue weighted by molar-refractivity contribution is 6.01. The van der Waals surface area contributed by atoms with E-state index in [9.17, 15) is 18.4 Å². The first-order valence-electron chi connectivity index (χ1n) is 22.7. The summed E-state index contributed by atoms with van der Waals surface area (Å²) in [5, 5.41) is 2.52. The molecule has 0 bridgehead atoms. The molecule has 4 aliphatic rings. The van der Waals surface area contributed by atoms with Gasteiger partial charge < -0.3 is 28.4 Å². The van der Waals surface area contributed by atoms with Crippen molar-refractivity contribution in [2.45, 2.75) is 86.4 Å². The minimum atomic E-state index is -0.404. The first-order chi connectivity index (χ1) is 29.7. The fourth-order valence-electron chi connectivity index (χ4n) is 10.3. The largest absolute Gasteiger partial charge is 0.361 e. The Labute approximate surface area is 360 Å². The number of hydrogen-bond acceptors (Lipinski definition) is 6. The van der Waals surface area contributed by atoms with Crippen LogP contribution in [0.5, 0.6) is 0 Å². The lowest BCUT2D eigenvalue weighted by Crippen LogP contribution is -2.49. The molecule has 2 aliphatic carbocycles. The SMILES string of the molecule is CCOCn1cc2c3c(cccc31)C1=CC(C(=O)N(CC)CC)CN(CCF)[C@@H]1C2.CCOCn1cc2c3c(cccc31)C1=C[C@@H](C(=O)N(CC)CC)CN(CCCF)C1C2. The van der Waals surface area contributed by atoms with E-state index < -0.39 is 6.67 Å². The van der Waals surface area contributed by atoms with Gasteiger partial charge in [-0.25, -0.2) is 4.39 Å². The molecular weight excluding hydrogens is 775 g/mol. The van der Waals surface area contributed by atoms with Crippen LogP contribution in [0.3, 0.4) is 0 Å². The van der Waals surface area contributed by atoms with Crippen LogP contribution in [-0.4, -0.2) is 132 Å². The van der Waals surface area contributed by atoms with Gasteiger partial charge >= 0.3 is 0 Å². The van der Waals surface area contributed by atoms with Crippen molar-refractivity contribution in [1.82, 2.24) is 28.7 Å². The monoisotopic (exact) mass is 841 g/mol. The molecule has 61 heavy (non-hydrogen) atoms. The zero-order valence-corrected chi connectivity index (χ0v) is 37.2. The molecule has 330 valence electrons. The number of benzene rings is 2. The topological polar surface area (TPSA) is 75.4 Å². The van der Waals surface area contributed by atoms with E-state index in [0.29, 0.717) is 85.5 Å². The van der Waals surface area contributed by atoms with Crippen LogP contribution >= 0.6 is 0 Å². The van der Waals surface area contributed by atoms with Crippen LogP contribution in [0, 0.1) is 11.8 Å². The van der Waals surface area contributed by atoms with Crippen LogP contribution < -0.4 is 0 Å². The second kappa shape index (κ2) is 20.2. The second-order valence-electron chi connectivity index (χ2n) is 16.5. The highest BCUT2D eigenvalue weighted by atomic mass is 19.1. The van der Waals surface area contributed by atoms with E-state index in [1.165, 1.54) is 49.7 Å². The summed E-state index contributed by atoms with van der Waals surface area (Å²) in [6.45, 7) is 18.8. The maximum atomic E-state index is 13.4. The molecule has 2 amide bonds. The van der Waals surface area contributed by atoms with Crippen molar-refractivity contribution in [3.63, 3.8) is 0 Å². The van der Waals surface area contributed by atoms with E-state index >= 15 is 0 Å². The molecule has 0 saturated heterocycles. The fraction of sp³-hybridized carbons (Fsp3) is 0.551. The molecule has 10 nitrogen and oxygen atoms in total. The van der Waals surface area contributed by atoms with Gasteiger partial charge in [0.05, 0.1) is 29.5 Å². The Morgan fingerprint density at radius 1 is 0.639 bits per heavy atom. The molecule has 0 fully saturated rings. The average Bonchev–Trinajstić information content (AvgIpc) is 3.83. The summed E-state index contributed by atoms with van der Waals surface area (Å²) in [6, 6.07) is 13.1. The number of amides is 2. The molecule has 2 aromatic carbocycles. The Hall–Kier alpha value is -4.36. The number of rotatable bonds is 17. The first kappa shape index (κ1) is 44.7. The summed E-state index contributed by atoms with van der Waals surface area (Å²) in [4.78, 5) is 34.6. The summed E-state index contributed by atoms with van der Waals surface area (Å²) in [5.41, 5.74) is 9.70. The first-order valence-corrected chi connectivity index (χ1v) is 22.7. The van der Waals surface area contributed by atoms with Gasteiger partial charge in [0.2, 0.25) is 11.8 Å². The third-order valence-corrected chi connectivity index (χ3v) is 13.2. The maximum Gasteiger partial charge on any atom is 0.230 e. The van der Waals surface area contributed by atoms with Crippen LogP contribution in [0.25, 0.3) is 33.0 Å². The molecule has 0 N–H and O–H groups in total. The Balaban J connectivity index is 0.000000184. The van der Waals surface area contributed by atoms with Gasteiger partial charge in [0, 0.05) is 101 Å². The van der Waals surface area contributed by atoms with E-state index in [-0.39, 0.29) is 42.4 Å². The van der Waals surface area contributed by atoms with Crippen LogP contribution in [0.1, 0.15) is 70.2 Å². The number of ether oxygens (including phenoxy) is 2. The highest BCUT2D eigenvalue weighted by Crippen LogP contribution is 2.44. The fourth-order valence-corrected chi connectivity index (χ4v) is 10.3. The minimum Gasteiger partial charge on any atom is -0.361 e. The number of hydrogen-bond donors (Lipinski definition) is 0. The molecule has 0 radical (unpaired) electrons. The summed E-state index contributed by atoms with van der Waals surface area (Å²) in [7, 11) is 0. The van der Waals surface area contributed by atoms with Crippen molar-refractivity contribution in [2.24, 2.45) is 11.8 Å². The summed E-state index contributed by atoms with van der Waals surface area (Å²) in [5.74, 6) is -0.104. The molecule has 2 aromatic heterocycles. The number of carbonyl (C=O) groups is 2. The lowest BCUT2D eigenvalue weighted by atomic mass is 9.79. The highest BCUT2D eigenvalue weighted by Gasteiger charge is 2.40. The molecule has 2 unspecified atom stereocenters. The zero-order valence-electron chi connectivity index (χ0n) is 37.2. The molecule has 0 saturated carbocycles. The lowest BCUT2D eigenvalue weighted by molar-refractivity contribution is -0.135. The Bertz CT molecular complexity index is 2220. The number of alkyl halides is 2. The van der Waals surface area contributed by atoms with Crippen LogP contribution in [0.4, 0.5) is 8.78 Å². The van der Waals surface area contributed by atoms with Gasteiger partial charge in [0.25, 0.3) is 0 Å². The Kier molecular flexibility index (Phi) is 14.8. The number of halogens is 2. The average molecular weight is 841 g/mol. The van der Waals surface area contributed by atoms with Gasteiger partial charge in [-0.15, -0.1) is 0 Å². The van der Waals surface area contributed by atoms with Gasteiger partial charge in [-0.2, -0.15) is 0 Å². The standard InChI is InChI=1S/C25H34FN3O2.C24H32FN3O2/c1-4-27(5-2)25(30)19-13-21-20-9-7-10-22-24(20)18(15-29(22)17-31-6-3)14-23(21)28(16-19)12-8-11-26;1-4-26(5-2)24(29)18-12-20-19-8-7-9-21-23(19)17(14-28(21)16-30-6-3)13-22(20)27(15-18)11-10-25/h7,9-10,13,15,19,23H,4-6,8,11-12,14,16-17H2,1-3H3;7-9,12,14,18,22H,4-6,10-11,13,15-16H2,1-3H3/t19-,23?;18?,22-/m11/s1. The van der Waals surface area contributed by atoms with Gasteiger partial charge in [-0.3, -0.25) is 23.8 Å². The van der Waals surface area contributed by atoms with E-state index in [1.807, 2.05) is 51.3 Å². The molecule has 0 spiro atoms. The second-order valence-corrected chi connectivity index (χ2v) is 16.5. The van der Waals surface area contributed by atoms with Crippen molar-refractivity contribution < 1.29 is 27.8 Å². The molecule has 8 rings (SSSR count). The number of carbonyl (C=O) groups excluding carboxylic acids is 2. The number of nitrogens with zero attached hydrogens (tertiary/aromatic N) is 6. The van der Waals surface area contributed by atoms with Gasteiger partial charge in [0.1, 0.15) is 20.1 Å². The number of fused-ring (bicyclic) bond motifs is 4. The van der Waals surface area contributed by atoms with Gasteiger partial charge in [0.15, 0.2) is 0 Å². The predicted octanol–water partition coefficient (Wildman–Crippen LogP) is 7.82. The molecule has 4 heterocycles. The third-order valence-electron chi connectivity index (χ3n) is 13.2. The summed E-state index contributed by atoms with van der Waals surface area (Å²) < 4.78 is 42.2. The van der Waals surface area contributed by atoms with Gasteiger partial charge in [-0.1, -0.05) is 36.4 Å². The van der Waals surface area contributed by atoms with Crippen molar-refractivity contribution in [2.75, 3.05) is 78.9 Å². The minimum absolute atomic E-state index is 0.113. The van der Waals surface area contributed by atoms with Crippen LogP contribution in [0.2, 0.25) is 0 Å². The molecular formula is C49H66F2N6O4.